The Labute approximate surface area is 188 Å². The van der Waals surface area contributed by atoms with Crippen LogP contribution < -0.4 is 5.32 Å². The van der Waals surface area contributed by atoms with Gasteiger partial charge in [-0.05, 0) is 0 Å². The molecule has 0 aromatic heterocycles. The molecule has 0 aromatic carbocycles. The average molecular weight is 458 g/mol. The van der Waals surface area contributed by atoms with Crippen LogP contribution in [0.3, 0.4) is 0 Å². The predicted molar refractivity (Wildman–Crippen MR) is 115 cm³/mol. The highest BCUT2D eigenvalue weighted by Crippen LogP contribution is 2.01. The molecule has 12 nitrogen and oxygen atoms in total. The molecule has 182 valence electrons. The van der Waals surface area contributed by atoms with Gasteiger partial charge in [-0.25, -0.2) is 0 Å². The van der Waals surface area contributed by atoms with Crippen LogP contribution in [0.5, 0.6) is 0 Å². The van der Waals surface area contributed by atoms with Crippen molar-refractivity contribution in [1.29, 1.82) is 0 Å². The molecule has 1 fully saturated rings. The predicted octanol–water partition coefficient (Wildman–Crippen LogP) is -2.93. The number of ether oxygens (including phenoxy) is 2. The van der Waals surface area contributed by atoms with Crippen molar-refractivity contribution in [3.8, 4) is 0 Å². The molecule has 1 amide bonds. The first kappa shape index (κ1) is 27.6. The molecule has 32 heavy (non-hydrogen) atoms. The van der Waals surface area contributed by atoms with Crippen molar-refractivity contribution in [2.45, 2.75) is 0 Å². The topological polar surface area (TPSA) is 129 Å². The van der Waals surface area contributed by atoms with Gasteiger partial charge in [0.2, 0.25) is 5.91 Å². The number of hydrogen-bond donors (Lipinski definition) is 1. The highest BCUT2D eigenvalue weighted by atomic mass is 16.5. The molecule has 1 N–H and O–H groups in total. The van der Waals surface area contributed by atoms with Crippen LogP contribution in [0, 0.1) is 0 Å². The summed E-state index contributed by atoms with van der Waals surface area (Å²) in [6.45, 7) is 4.66. The summed E-state index contributed by atoms with van der Waals surface area (Å²) in [4.78, 5) is 65.1. The summed E-state index contributed by atoms with van der Waals surface area (Å²) in [5, 5.41) is 2.53. The molecule has 1 aliphatic rings. The van der Waals surface area contributed by atoms with E-state index in [1.165, 1.54) is 14.2 Å². The van der Waals surface area contributed by atoms with E-state index in [2.05, 4.69) is 5.32 Å². The summed E-state index contributed by atoms with van der Waals surface area (Å²) in [7, 11) is 2.66. The van der Waals surface area contributed by atoms with Gasteiger partial charge in [-0.2, -0.15) is 0 Å². The fraction of sp³-hybridized carbons (Fsp3) is 0.750. The summed E-state index contributed by atoms with van der Waals surface area (Å²) >= 11 is 0. The Morgan fingerprint density at radius 2 is 1.09 bits per heavy atom. The summed E-state index contributed by atoms with van der Waals surface area (Å²) in [5.41, 5.74) is 0. The first-order chi connectivity index (χ1) is 15.4. The van der Waals surface area contributed by atoms with Gasteiger partial charge in [0.05, 0.1) is 46.9 Å². The molecule has 1 rings (SSSR count). The molecule has 1 saturated heterocycles. The van der Waals surface area contributed by atoms with Crippen molar-refractivity contribution < 1.29 is 33.4 Å². The summed E-state index contributed by atoms with van der Waals surface area (Å²) < 4.78 is 9.58. The fourth-order valence-electron chi connectivity index (χ4n) is 3.25. The third kappa shape index (κ3) is 11.8. The van der Waals surface area contributed by atoms with Crippen LogP contribution in [0.2, 0.25) is 0 Å². The van der Waals surface area contributed by atoms with E-state index < -0.39 is 0 Å². The Balaban J connectivity index is 2.92. The Morgan fingerprint density at radius 3 is 1.47 bits per heavy atom. The summed E-state index contributed by atoms with van der Waals surface area (Å²) in [6.07, 6.45) is 1.45. The summed E-state index contributed by atoms with van der Waals surface area (Å²) in [5.74, 6) is -0.995. The Bertz CT molecular complexity index is 619. The van der Waals surface area contributed by atoms with Crippen LogP contribution in [-0.4, -0.2) is 149 Å². The van der Waals surface area contributed by atoms with Crippen LogP contribution >= 0.6 is 0 Å². The largest absolute Gasteiger partial charge is 0.468 e. The van der Waals surface area contributed by atoms with E-state index in [0.29, 0.717) is 58.6 Å². The van der Waals surface area contributed by atoms with Gasteiger partial charge in [-0.1, -0.05) is 0 Å². The lowest BCUT2D eigenvalue weighted by molar-refractivity contribution is -0.143. The van der Waals surface area contributed by atoms with E-state index in [0.717, 1.165) is 6.29 Å². The first-order valence-corrected chi connectivity index (χ1v) is 10.6. The van der Waals surface area contributed by atoms with Crippen LogP contribution in [0.15, 0.2) is 0 Å². The van der Waals surface area contributed by atoms with Gasteiger partial charge in [0.1, 0.15) is 12.6 Å². The monoisotopic (exact) mass is 457 g/mol. The third-order valence-electron chi connectivity index (χ3n) is 5.17. The molecule has 1 aliphatic heterocycles. The normalized spacial score (nSPS) is 18.1. The van der Waals surface area contributed by atoms with Gasteiger partial charge in [-0.15, -0.1) is 0 Å². The number of amides is 1. The Morgan fingerprint density at radius 1 is 0.688 bits per heavy atom. The van der Waals surface area contributed by atoms with Crippen molar-refractivity contribution >= 4 is 30.4 Å². The van der Waals surface area contributed by atoms with Crippen molar-refractivity contribution in [2.24, 2.45) is 0 Å². The second-order valence-corrected chi connectivity index (χ2v) is 7.42. The maximum absolute atomic E-state index is 12.1. The van der Waals surface area contributed by atoms with E-state index in [1.807, 2.05) is 19.6 Å². The highest BCUT2D eigenvalue weighted by molar-refractivity contribution is 5.80. The van der Waals surface area contributed by atoms with Crippen LogP contribution in [-0.2, 0) is 33.4 Å². The van der Waals surface area contributed by atoms with Gasteiger partial charge < -0.3 is 24.4 Å². The number of methoxy groups -OCH3 is 2. The smallest absolute Gasteiger partial charge is 0.319 e. The number of aldehydes is 2. The van der Waals surface area contributed by atoms with E-state index in [1.54, 1.807) is 0 Å². The first-order valence-electron chi connectivity index (χ1n) is 10.6. The molecule has 0 unspecified atom stereocenters. The minimum absolute atomic E-state index is 0.0472. The van der Waals surface area contributed by atoms with E-state index >= 15 is 0 Å². The molecular weight excluding hydrogens is 422 g/mol. The molecular formula is C20H35N5O7. The zero-order valence-electron chi connectivity index (χ0n) is 19.0. The van der Waals surface area contributed by atoms with Crippen molar-refractivity contribution in [2.75, 3.05) is 99.3 Å². The molecule has 1 heterocycles. The highest BCUT2D eigenvalue weighted by Gasteiger charge is 2.20. The SMILES string of the molecule is COC(=O)CN1CCN(CC=O)CCN(CC(=O)NCC=O)CCN(CC(=O)OC)CC1. The van der Waals surface area contributed by atoms with Gasteiger partial charge in [0.25, 0.3) is 0 Å². The van der Waals surface area contributed by atoms with Crippen LogP contribution in [0.4, 0.5) is 0 Å². The fourth-order valence-corrected chi connectivity index (χ4v) is 3.25. The van der Waals surface area contributed by atoms with E-state index in [-0.39, 0.29) is 50.6 Å². The minimum Gasteiger partial charge on any atom is -0.468 e. The maximum Gasteiger partial charge on any atom is 0.319 e. The van der Waals surface area contributed by atoms with Crippen molar-refractivity contribution in [3.63, 3.8) is 0 Å². The quantitative estimate of drug-likeness (QED) is 0.267. The van der Waals surface area contributed by atoms with Crippen LogP contribution in [0.25, 0.3) is 0 Å². The number of carbonyl (C=O) groups is 5. The molecule has 12 heteroatoms. The molecule has 0 aliphatic carbocycles. The van der Waals surface area contributed by atoms with Gasteiger partial charge in [-0.3, -0.25) is 34.0 Å². The maximum atomic E-state index is 12.1. The molecule has 0 saturated carbocycles. The second kappa shape index (κ2) is 16.3. The molecule has 0 spiro atoms. The number of hydrogen-bond acceptors (Lipinski definition) is 11. The van der Waals surface area contributed by atoms with E-state index in [4.69, 9.17) is 9.47 Å². The number of nitrogens with zero attached hydrogens (tertiary/aromatic N) is 4. The standard InChI is InChI=1S/C20H35N5O7/c1-31-19(29)16-24-7-5-22(12-14-27)4-6-23(15-18(28)21-3-13-26)8-9-25(11-10-24)17-20(30)32-2/h13-14H,3-12,15-17H2,1-2H3,(H,21,28). The lowest BCUT2D eigenvalue weighted by Gasteiger charge is -2.33. The zero-order valence-corrected chi connectivity index (χ0v) is 19.0. The molecule has 0 atom stereocenters. The molecule has 0 radical (unpaired) electrons. The number of rotatable bonds is 10. The minimum atomic E-state index is -0.371. The van der Waals surface area contributed by atoms with Crippen molar-refractivity contribution in [3.05, 3.63) is 0 Å². The number of nitrogens with one attached hydrogen (secondary N) is 1. The van der Waals surface area contributed by atoms with E-state index in [9.17, 15) is 24.0 Å². The Kier molecular flexibility index (Phi) is 14.0. The number of carbonyl (C=O) groups excluding carboxylic acids is 5. The molecule has 0 aromatic rings. The van der Waals surface area contributed by atoms with Gasteiger partial charge in [0.15, 0.2) is 0 Å². The average Bonchev–Trinajstić information content (AvgIpc) is 2.78. The Hall–Kier alpha value is -2.41. The molecule has 0 bridgehead atoms. The lowest BCUT2D eigenvalue weighted by atomic mass is 10.3. The summed E-state index contributed by atoms with van der Waals surface area (Å²) in [6, 6.07) is 0. The third-order valence-corrected chi connectivity index (χ3v) is 5.17. The van der Waals surface area contributed by atoms with Crippen LogP contribution in [0.1, 0.15) is 0 Å². The van der Waals surface area contributed by atoms with Gasteiger partial charge >= 0.3 is 11.9 Å². The zero-order chi connectivity index (χ0) is 23.8. The number of esters is 2. The lowest BCUT2D eigenvalue weighted by Crippen LogP contribution is -2.49. The van der Waals surface area contributed by atoms with Crippen molar-refractivity contribution in [1.82, 2.24) is 24.9 Å². The second-order valence-electron chi connectivity index (χ2n) is 7.42. The van der Waals surface area contributed by atoms with Gasteiger partial charge in [0, 0.05) is 52.4 Å².